The predicted molar refractivity (Wildman–Crippen MR) is 62.5 cm³/mol. The van der Waals surface area contributed by atoms with Gasteiger partial charge in [-0.3, -0.25) is 4.79 Å². The van der Waals surface area contributed by atoms with Gasteiger partial charge >= 0.3 is 5.97 Å². The minimum absolute atomic E-state index is 0.0397. The summed E-state index contributed by atoms with van der Waals surface area (Å²) < 4.78 is 5.01. The first-order valence-corrected chi connectivity index (χ1v) is 5.68. The van der Waals surface area contributed by atoms with Crippen molar-refractivity contribution in [3.8, 4) is 0 Å². The summed E-state index contributed by atoms with van der Waals surface area (Å²) in [4.78, 5) is 12.4. The van der Waals surface area contributed by atoms with Gasteiger partial charge in [-0.15, -0.1) is 0 Å². The van der Waals surface area contributed by atoms with Gasteiger partial charge in [-0.1, -0.05) is 25.6 Å². The number of esters is 1. The number of ether oxygens (including phenoxy) is 1. The summed E-state index contributed by atoms with van der Waals surface area (Å²) in [7, 11) is 0. The molecule has 0 radical (unpaired) electrons. The first kappa shape index (κ1) is 13.6. The van der Waals surface area contributed by atoms with E-state index in [4.69, 9.17) is 17.0 Å². The average molecular weight is 216 g/mol. The molecular formula is C11H20O2S. The van der Waals surface area contributed by atoms with Gasteiger partial charge in [-0.25, -0.2) is 0 Å². The van der Waals surface area contributed by atoms with E-state index in [0.29, 0.717) is 6.61 Å². The maximum absolute atomic E-state index is 11.5. The summed E-state index contributed by atoms with van der Waals surface area (Å²) in [6, 6.07) is 0. The van der Waals surface area contributed by atoms with Crippen molar-refractivity contribution in [2.24, 2.45) is 5.92 Å². The maximum Gasteiger partial charge on any atom is 0.308 e. The lowest BCUT2D eigenvalue weighted by molar-refractivity contribution is -0.148. The Morgan fingerprint density at radius 1 is 1.36 bits per heavy atom. The molecule has 0 heterocycles. The Hall–Kier alpha value is -0.440. The van der Waals surface area contributed by atoms with Crippen LogP contribution in [0.1, 0.15) is 46.5 Å². The van der Waals surface area contributed by atoms with Crippen molar-refractivity contribution >= 4 is 23.1 Å². The van der Waals surface area contributed by atoms with Crippen LogP contribution in [0, 0.1) is 5.92 Å². The Labute approximate surface area is 92.0 Å². The zero-order valence-corrected chi connectivity index (χ0v) is 10.2. The van der Waals surface area contributed by atoms with Gasteiger partial charge in [0.15, 0.2) is 0 Å². The molecule has 0 aromatic carbocycles. The van der Waals surface area contributed by atoms with Crippen LogP contribution in [-0.4, -0.2) is 17.4 Å². The van der Waals surface area contributed by atoms with E-state index in [1.807, 2.05) is 13.8 Å². The van der Waals surface area contributed by atoms with E-state index in [-0.39, 0.29) is 11.9 Å². The predicted octanol–water partition coefficient (Wildman–Crippen LogP) is 3.14. The molecule has 1 unspecified atom stereocenters. The van der Waals surface area contributed by atoms with Crippen molar-refractivity contribution in [2.75, 3.05) is 6.61 Å². The van der Waals surface area contributed by atoms with Gasteiger partial charge in [-0.05, 0) is 38.0 Å². The third-order valence-corrected chi connectivity index (χ3v) is 2.31. The number of carbonyl (C=O) groups excluding carboxylic acids is 1. The Morgan fingerprint density at radius 3 is 2.43 bits per heavy atom. The van der Waals surface area contributed by atoms with Gasteiger partial charge in [0.1, 0.15) is 0 Å². The van der Waals surface area contributed by atoms with E-state index in [1.165, 1.54) is 0 Å². The summed E-state index contributed by atoms with van der Waals surface area (Å²) in [6.45, 7) is 6.31. The first-order chi connectivity index (χ1) is 6.61. The number of hydrogen-bond acceptors (Lipinski definition) is 3. The van der Waals surface area contributed by atoms with E-state index in [1.54, 1.807) is 0 Å². The molecule has 0 saturated carbocycles. The molecule has 3 heteroatoms. The fourth-order valence-corrected chi connectivity index (χ4v) is 1.48. The van der Waals surface area contributed by atoms with Crippen LogP contribution in [-0.2, 0) is 9.53 Å². The van der Waals surface area contributed by atoms with Gasteiger partial charge in [0.05, 0.1) is 12.5 Å². The fraction of sp³-hybridized carbons (Fsp3) is 0.818. The minimum Gasteiger partial charge on any atom is -0.466 e. The molecular weight excluding hydrogens is 196 g/mol. The van der Waals surface area contributed by atoms with E-state index in [9.17, 15) is 4.79 Å². The smallest absolute Gasteiger partial charge is 0.308 e. The minimum atomic E-state index is -0.0643. The second kappa shape index (κ2) is 7.92. The molecule has 1 atom stereocenters. The molecule has 0 aromatic heterocycles. The number of thiocarbonyl (C=S) groups is 1. The molecule has 0 N–H and O–H groups in total. The molecule has 0 aliphatic rings. The second-order valence-corrected chi connectivity index (χ2v) is 4.18. The van der Waals surface area contributed by atoms with Crippen LogP contribution in [0.5, 0.6) is 0 Å². The molecule has 0 aliphatic heterocycles. The third-order valence-electron chi connectivity index (χ3n) is 2.10. The second-order valence-electron chi connectivity index (χ2n) is 3.48. The Bertz CT molecular complexity index is 190. The number of hydrogen-bond donors (Lipinski definition) is 0. The molecule has 0 bridgehead atoms. The van der Waals surface area contributed by atoms with Gasteiger partial charge in [0.25, 0.3) is 0 Å². The summed E-state index contributed by atoms with van der Waals surface area (Å²) >= 11 is 5.00. The maximum atomic E-state index is 11.5. The van der Waals surface area contributed by atoms with Crippen LogP contribution < -0.4 is 0 Å². The van der Waals surface area contributed by atoms with Crippen molar-refractivity contribution in [3.63, 3.8) is 0 Å². The van der Waals surface area contributed by atoms with E-state index in [0.717, 1.165) is 30.5 Å². The zero-order chi connectivity index (χ0) is 11.0. The van der Waals surface area contributed by atoms with Crippen molar-refractivity contribution in [1.29, 1.82) is 0 Å². The standard InChI is InChI=1S/C11H20O2S/c1-4-6-10(8-7-9(3)14)11(12)13-5-2/h10H,4-8H2,1-3H3. The van der Waals surface area contributed by atoms with Crippen molar-refractivity contribution in [2.45, 2.75) is 46.5 Å². The molecule has 0 aromatic rings. The Kier molecular flexibility index (Phi) is 7.67. The normalized spacial score (nSPS) is 12.2. The quantitative estimate of drug-likeness (QED) is 0.483. The number of carbonyl (C=O) groups is 1. The van der Waals surface area contributed by atoms with Crippen LogP contribution in [0.15, 0.2) is 0 Å². The summed E-state index contributed by atoms with van der Waals surface area (Å²) in [5, 5.41) is 0. The highest BCUT2D eigenvalue weighted by atomic mass is 32.1. The molecule has 14 heavy (non-hydrogen) atoms. The third kappa shape index (κ3) is 6.08. The van der Waals surface area contributed by atoms with Crippen LogP contribution in [0.2, 0.25) is 0 Å². The molecule has 0 fully saturated rings. The highest BCUT2D eigenvalue weighted by Gasteiger charge is 2.18. The SMILES string of the molecule is CCCC(CCC(C)=S)C(=O)OCC. The average Bonchev–Trinajstić information content (AvgIpc) is 2.12. The van der Waals surface area contributed by atoms with Gasteiger partial charge in [0, 0.05) is 0 Å². The van der Waals surface area contributed by atoms with E-state index >= 15 is 0 Å². The molecule has 82 valence electrons. The Balaban J connectivity index is 3.99. The summed E-state index contributed by atoms with van der Waals surface area (Å²) in [5.41, 5.74) is 0. The molecule has 0 aliphatic carbocycles. The topological polar surface area (TPSA) is 26.3 Å². The highest BCUT2D eigenvalue weighted by molar-refractivity contribution is 7.80. The van der Waals surface area contributed by atoms with E-state index in [2.05, 4.69) is 6.92 Å². The largest absolute Gasteiger partial charge is 0.466 e. The highest BCUT2D eigenvalue weighted by Crippen LogP contribution is 2.16. The lowest BCUT2D eigenvalue weighted by atomic mass is 9.97. The van der Waals surface area contributed by atoms with Crippen LogP contribution in [0.25, 0.3) is 0 Å². The van der Waals surface area contributed by atoms with Crippen molar-refractivity contribution in [1.82, 2.24) is 0 Å². The molecule has 0 amide bonds. The van der Waals surface area contributed by atoms with Crippen LogP contribution in [0.4, 0.5) is 0 Å². The lowest BCUT2D eigenvalue weighted by Gasteiger charge is -2.13. The molecule has 2 nitrogen and oxygen atoms in total. The fourth-order valence-electron chi connectivity index (χ4n) is 1.37. The Morgan fingerprint density at radius 2 is 2.00 bits per heavy atom. The van der Waals surface area contributed by atoms with Crippen molar-refractivity contribution < 1.29 is 9.53 Å². The van der Waals surface area contributed by atoms with Gasteiger partial charge < -0.3 is 4.74 Å². The number of rotatable bonds is 7. The zero-order valence-electron chi connectivity index (χ0n) is 9.34. The van der Waals surface area contributed by atoms with Crippen LogP contribution in [0.3, 0.4) is 0 Å². The van der Waals surface area contributed by atoms with Gasteiger partial charge in [-0.2, -0.15) is 0 Å². The van der Waals surface area contributed by atoms with Crippen molar-refractivity contribution in [3.05, 3.63) is 0 Å². The summed E-state index contributed by atoms with van der Waals surface area (Å²) in [6.07, 6.45) is 3.60. The molecule has 0 rings (SSSR count). The monoisotopic (exact) mass is 216 g/mol. The molecule has 0 spiro atoms. The first-order valence-electron chi connectivity index (χ1n) is 5.27. The summed E-state index contributed by atoms with van der Waals surface area (Å²) in [5.74, 6) is -0.0246. The van der Waals surface area contributed by atoms with E-state index < -0.39 is 0 Å². The lowest BCUT2D eigenvalue weighted by Crippen LogP contribution is -2.18. The molecule has 0 saturated heterocycles. The van der Waals surface area contributed by atoms with Gasteiger partial charge in [0.2, 0.25) is 0 Å². The van der Waals surface area contributed by atoms with Crippen LogP contribution >= 0.6 is 12.2 Å².